The fourth-order valence-electron chi connectivity index (χ4n) is 2.39. The van der Waals surface area contributed by atoms with Crippen molar-refractivity contribution in [3.05, 3.63) is 18.1 Å². The Morgan fingerprint density at radius 3 is 2.78 bits per heavy atom. The van der Waals surface area contributed by atoms with Gasteiger partial charge in [-0.3, -0.25) is 0 Å². The molecule has 0 unspecified atom stereocenters. The first-order valence-corrected chi connectivity index (χ1v) is 6.82. The largest absolute Gasteiger partial charge is 0.369 e. The molecule has 0 bridgehead atoms. The second-order valence-corrected chi connectivity index (χ2v) is 5.86. The Morgan fingerprint density at radius 2 is 2.17 bits per heavy atom. The van der Waals surface area contributed by atoms with Crippen molar-refractivity contribution in [3.8, 4) is 0 Å². The van der Waals surface area contributed by atoms with Crippen molar-refractivity contribution in [2.45, 2.75) is 39.7 Å². The lowest BCUT2D eigenvalue weighted by atomic mass is 9.67. The Hall–Kier alpha value is -1.16. The molecule has 0 radical (unpaired) electrons. The molecule has 4 heteroatoms. The van der Waals surface area contributed by atoms with E-state index in [0.717, 1.165) is 24.1 Å². The lowest BCUT2D eigenvalue weighted by Gasteiger charge is -2.40. The number of hydrogen-bond donors (Lipinski definition) is 2. The molecular weight excluding hydrogens is 224 g/mol. The highest BCUT2D eigenvalue weighted by atomic mass is 15.0. The molecule has 100 valence electrons. The molecule has 0 saturated heterocycles. The molecule has 0 amide bonds. The SMILES string of the molecule is CNCc1nccc(NCC(C)(C)C2CCC2)n1. The average molecular weight is 248 g/mol. The highest BCUT2D eigenvalue weighted by molar-refractivity contribution is 5.33. The van der Waals surface area contributed by atoms with Crippen LogP contribution < -0.4 is 10.6 Å². The van der Waals surface area contributed by atoms with E-state index in [0.29, 0.717) is 12.0 Å². The number of nitrogens with zero attached hydrogens (tertiary/aromatic N) is 2. The predicted octanol–water partition coefficient (Wildman–Crippen LogP) is 2.43. The van der Waals surface area contributed by atoms with Crippen LogP contribution in [0.3, 0.4) is 0 Å². The first kappa shape index (κ1) is 13.3. The summed E-state index contributed by atoms with van der Waals surface area (Å²) in [5.41, 5.74) is 0.354. The van der Waals surface area contributed by atoms with Crippen molar-refractivity contribution in [3.63, 3.8) is 0 Å². The Kier molecular flexibility index (Phi) is 4.17. The number of hydrogen-bond acceptors (Lipinski definition) is 4. The molecule has 1 fully saturated rings. The van der Waals surface area contributed by atoms with Gasteiger partial charge in [-0.05, 0) is 37.3 Å². The van der Waals surface area contributed by atoms with Gasteiger partial charge >= 0.3 is 0 Å². The van der Waals surface area contributed by atoms with Gasteiger partial charge in [-0.25, -0.2) is 9.97 Å². The van der Waals surface area contributed by atoms with Gasteiger partial charge in [0.1, 0.15) is 11.6 Å². The molecule has 1 aliphatic carbocycles. The zero-order valence-electron chi connectivity index (χ0n) is 11.7. The monoisotopic (exact) mass is 248 g/mol. The summed E-state index contributed by atoms with van der Waals surface area (Å²) < 4.78 is 0. The van der Waals surface area contributed by atoms with Crippen LogP contribution in [0.2, 0.25) is 0 Å². The number of anilines is 1. The molecule has 0 atom stereocenters. The van der Waals surface area contributed by atoms with Crippen molar-refractivity contribution in [1.29, 1.82) is 0 Å². The minimum Gasteiger partial charge on any atom is -0.369 e. The minimum absolute atomic E-state index is 0.354. The highest BCUT2D eigenvalue weighted by Crippen LogP contribution is 2.41. The lowest BCUT2D eigenvalue weighted by Crippen LogP contribution is -2.35. The van der Waals surface area contributed by atoms with Crippen LogP contribution in [0, 0.1) is 11.3 Å². The minimum atomic E-state index is 0.354. The second-order valence-electron chi connectivity index (χ2n) is 5.86. The van der Waals surface area contributed by atoms with Crippen molar-refractivity contribution < 1.29 is 0 Å². The number of rotatable bonds is 6. The van der Waals surface area contributed by atoms with E-state index in [-0.39, 0.29) is 0 Å². The Morgan fingerprint density at radius 1 is 1.39 bits per heavy atom. The maximum atomic E-state index is 4.48. The molecule has 1 aromatic heterocycles. The van der Waals surface area contributed by atoms with E-state index in [9.17, 15) is 0 Å². The fraction of sp³-hybridized carbons (Fsp3) is 0.714. The van der Waals surface area contributed by atoms with E-state index >= 15 is 0 Å². The Bertz CT molecular complexity index is 385. The van der Waals surface area contributed by atoms with Crippen LogP contribution in [-0.2, 0) is 6.54 Å². The van der Waals surface area contributed by atoms with Crippen molar-refractivity contribution in [2.24, 2.45) is 11.3 Å². The number of nitrogens with one attached hydrogen (secondary N) is 2. The van der Waals surface area contributed by atoms with Crippen LogP contribution in [0.25, 0.3) is 0 Å². The fourth-order valence-corrected chi connectivity index (χ4v) is 2.39. The molecule has 1 saturated carbocycles. The summed E-state index contributed by atoms with van der Waals surface area (Å²) in [5.74, 6) is 2.63. The van der Waals surface area contributed by atoms with Crippen LogP contribution in [0.1, 0.15) is 38.9 Å². The summed E-state index contributed by atoms with van der Waals surface area (Å²) in [4.78, 5) is 8.71. The molecule has 1 aromatic rings. The first-order chi connectivity index (χ1) is 8.62. The van der Waals surface area contributed by atoms with Gasteiger partial charge in [-0.15, -0.1) is 0 Å². The van der Waals surface area contributed by atoms with E-state index in [2.05, 4.69) is 34.4 Å². The van der Waals surface area contributed by atoms with Gasteiger partial charge in [-0.1, -0.05) is 20.3 Å². The third-order valence-corrected chi connectivity index (χ3v) is 3.98. The summed E-state index contributed by atoms with van der Waals surface area (Å²) in [6.45, 7) is 6.38. The van der Waals surface area contributed by atoms with Crippen LogP contribution in [0.15, 0.2) is 12.3 Å². The summed E-state index contributed by atoms with van der Waals surface area (Å²) in [6.07, 6.45) is 5.97. The van der Waals surface area contributed by atoms with Gasteiger partial charge in [0.2, 0.25) is 0 Å². The molecule has 2 rings (SSSR count). The smallest absolute Gasteiger partial charge is 0.144 e. The van der Waals surface area contributed by atoms with Crippen LogP contribution in [0.4, 0.5) is 5.82 Å². The predicted molar refractivity (Wildman–Crippen MR) is 74.4 cm³/mol. The summed E-state index contributed by atoms with van der Waals surface area (Å²) in [7, 11) is 1.91. The van der Waals surface area contributed by atoms with Gasteiger partial charge in [0.15, 0.2) is 0 Å². The third kappa shape index (κ3) is 3.19. The van der Waals surface area contributed by atoms with Gasteiger partial charge in [0, 0.05) is 12.7 Å². The summed E-state index contributed by atoms with van der Waals surface area (Å²) >= 11 is 0. The quantitative estimate of drug-likeness (QED) is 0.812. The molecule has 2 N–H and O–H groups in total. The summed E-state index contributed by atoms with van der Waals surface area (Å²) in [5, 5.41) is 6.52. The van der Waals surface area contributed by atoms with Crippen molar-refractivity contribution in [2.75, 3.05) is 18.9 Å². The van der Waals surface area contributed by atoms with E-state index in [4.69, 9.17) is 0 Å². The average Bonchev–Trinajstić information content (AvgIpc) is 2.25. The standard InChI is InChI=1S/C14H24N4/c1-14(2,11-5-4-6-11)10-17-12-7-8-16-13(18-12)9-15-3/h7-8,11,15H,4-6,9-10H2,1-3H3,(H,16,17,18). The second kappa shape index (κ2) is 5.65. The van der Waals surface area contributed by atoms with Gasteiger partial charge in [0.05, 0.1) is 6.54 Å². The maximum absolute atomic E-state index is 4.48. The van der Waals surface area contributed by atoms with Crippen LogP contribution in [-0.4, -0.2) is 23.6 Å². The van der Waals surface area contributed by atoms with E-state index in [1.54, 1.807) is 0 Å². The van der Waals surface area contributed by atoms with Crippen molar-refractivity contribution >= 4 is 5.82 Å². The first-order valence-electron chi connectivity index (χ1n) is 6.82. The van der Waals surface area contributed by atoms with Crippen molar-refractivity contribution in [1.82, 2.24) is 15.3 Å². The molecule has 1 heterocycles. The molecule has 0 aliphatic heterocycles. The highest BCUT2D eigenvalue weighted by Gasteiger charge is 2.33. The molecule has 4 nitrogen and oxygen atoms in total. The lowest BCUT2D eigenvalue weighted by molar-refractivity contribution is 0.134. The zero-order valence-corrected chi connectivity index (χ0v) is 11.7. The van der Waals surface area contributed by atoms with E-state index in [1.807, 2.05) is 19.3 Å². The van der Waals surface area contributed by atoms with Gasteiger partial charge in [-0.2, -0.15) is 0 Å². The molecule has 0 aromatic carbocycles. The van der Waals surface area contributed by atoms with E-state index < -0.39 is 0 Å². The topological polar surface area (TPSA) is 49.8 Å². The molecular formula is C14H24N4. The normalized spacial score (nSPS) is 16.4. The van der Waals surface area contributed by atoms with E-state index in [1.165, 1.54) is 19.3 Å². The van der Waals surface area contributed by atoms with Crippen LogP contribution in [0.5, 0.6) is 0 Å². The Balaban J connectivity index is 1.90. The van der Waals surface area contributed by atoms with Gasteiger partial charge in [0.25, 0.3) is 0 Å². The van der Waals surface area contributed by atoms with Gasteiger partial charge < -0.3 is 10.6 Å². The van der Waals surface area contributed by atoms with Crippen LogP contribution >= 0.6 is 0 Å². The molecule has 18 heavy (non-hydrogen) atoms. The zero-order chi connectivity index (χ0) is 13.0. The molecule has 0 spiro atoms. The Labute approximate surface area is 110 Å². The summed E-state index contributed by atoms with van der Waals surface area (Å²) in [6, 6.07) is 1.94. The third-order valence-electron chi connectivity index (χ3n) is 3.98. The molecule has 1 aliphatic rings. The number of aromatic nitrogens is 2. The maximum Gasteiger partial charge on any atom is 0.144 e.